The van der Waals surface area contributed by atoms with E-state index in [0.717, 1.165) is 56.9 Å². The van der Waals surface area contributed by atoms with E-state index in [9.17, 15) is 0 Å². The quantitative estimate of drug-likeness (QED) is 0.175. The molecule has 0 radical (unpaired) electrons. The van der Waals surface area contributed by atoms with Crippen molar-refractivity contribution < 1.29 is 4.42 Å². The van der Waals surface area contributed by atoms with Crippen molar-refractivity contribution in [3.05, 3.63) is 198 Å². The van der Waals surface area contributed by atoms with E-state index in [2.05, 4.69) is 170 Å². The van der Waals surface area contributed by atoms with Crippen LogP contribution in [0.15, 0.2) is 174 Å². The van der Waals surface area contributed by atoms with E-state index in [4.69, 9.17) is 19.4 Å². The molecule has 0 saturated heterocycles. The van der Waals surface area contributed by atoms with Crippen molar-refractivity contribution in [3.63, 3.8) is 0 Å². The van der Waals surface area contributed by atoms with Gasteiger partial charge in [0.05, 0.1) is 17.0 Å². The molecule has 7 aromatic carbocycles. The zero-order chi connectivity index (χ0) is 39.2. The summed E-state index contributed by atoms with van der Waals surface area (Å²) in [5.74, 6) is 2.78. The number of furan rings is 1. The third-order valence-corrected chi connectivity index (χ3v) is 12.6. The molecule has 0 aliphatic heterocycles. The molecular weight excluding hydrogens is 721 g/mol. The molecule has 0 N–H and O–H groups in total. The molecule has 59 heavy (non-hydrogen) atoms. The molecular formula is C54H38N4O. The van der Waals surface area contributed by atoms with Gasteiger partial charge < -0.3 is 8.98 Å². The summed E-state index contributed by atoms with van der Waals surface area (Å²) in [6, 6.07) is 58.3. The zero-order valence-electron chi connectivity index (χ0n) is 32.7. The van der Waals surface area contributed by atoms with Crippen molar-refractivity contribution in [2.45, 2.75) is 31.6 Å². The highest BCUT2D eigenvalue weighted by atomic mass is 16.3. The topological polar surface area (TPSA) is 56.7 Å². The Kier molecular flexibility index (Phi) is 7.33. The number of nitrogens with zero attached hydrogens (tertiary/aromatic N) is 4. The fourth-order valence-corrected chi connectivity index (χ4v) is 9.69. The van der Waals surface area contributed by atoms with Gasteiger partial charge in [-0.05, 0) is 76.2 Å². The predicted molar refractivity (Wildman–Crippen MR) is 240 cm³/mol. The first-order valence-electron chi connectivity index (χ1n) is 20.4. The second-order valence-electron chi connectivity index (χ2n) is 16.3. The van der Waals surface area contributed by atoms with E-state index in [1.54, 1.807) is 0 Å². The van der Waals surface area contributed by atoms with Gasteiger partial charge in [-0.1, -0.05) is 147 Å². The van der Waals surface area contributed by atoms with Crippen LogP contribution in [0.4, 0.5) is 0 Å². The minimum absolute atomic E-state index is 0.0757. The highest BCUT2D eigenvalue weighted by Gasteiger charge is 2.36. The molecule has 5 nitrogen and oxygen atoms in total. The predicted octanol–water partition coefficient (Wildman–Crippen LogP) is 13.6. The average Bonchev–Trinajstić information content (AvgIpc) is 3.91. The summed E-state index contributed by atoms with van der Waals surface area (Å²) in [7, 11) is 0. The summed E-state index contributed by atoms with van der Waals surface area (Å²) in [4.78, 5) is 15.4. The smallest absolute Gasteiger partial charge is 0.163 e. The summed E-state index contributed by atoms with van der Waals surface area (Å²) in [6.07, 6.45) is 5.05. The number of allylic oxidation sites excluding steroid dienone is 1. The van der Waals surface area contributed by atoms with Crippen molar-refractivity contribution in [1.29, 1.82) is 0 Å². The van der Waals surface area contributed by atoms with Gasteiger partial charge in [0, 0.05) is 50.0 Å². The van der Waals surface area contributed by atoms with Crippen LogP contribution in [-0.2, 0) is 5.41 Å². The maximum absolute atomic E-state index is 6.77. The van der Waals surface area contributed by atoms with Crippen LogP contribution in [0, 0.1) is 0 Å². The Morgan fingerprint density at radius 1 is 0.542 bits per heavy atom. The van der Waals surface area contributed by atoms with Gasteiger partial charge in [-0.15, -0.1) is 0 Å². The number of benzene rings is 7. The van der Waals surface area contributed by atoms with E-state index >= 15 is 0 Å². The standard InChI is InChI=1S/C54H38N4O/c1-54(2)44-21-11-9-18-38(44)42-32-47-43(31-45(42)54)39-19-10-12-22-46(39)58(47)37-28-29-40-49(30-37)59-48-23-13-20-41(50(40)48)53-56-51(35-16-7-4-8-17-35)55-52(57-53)36-26-24-34(25-27-36)33-14-5-3-6-15-33/h3-19,21-32,41H,20H2,1-2H3. The second-order valence-corrected chi connectivity index (χ2v) is 16.3. The molecule has 10 aromatic rings. The first-order chi connectivity index (χ1) is 29.0. The Labute approximate surface area is 342 Å². The molecule has 3 heterocycles. The monoisotopic (exact) mass is 758 g/mol. The van der Waals surface area contributed by atoms with Crippen LogP contribution in [0.1, 0.15) is 54.5 Å². The highest BCUT2D eigenvalue weighted by molar-refractivity contribution is 6.11. The van der Waals surface area contributed by atoms with Gasteiger partial charge in [0.25, 0.3) is 0 Å². The zero-order valence-corrected chi connectivity index (χ0v) is 32.7. The van der Waals surface area contributed by atoms with Crippen LogP contribution in [0.2, 0.25) is 0 Å². The first kappa shape index (κ1) is 33.7. The molecule has 2 aliphatic rings. The fraction of sp³-hybridized carbons (Fsp3) is 0.0926. The molecule has 1 atom stereocenters. The van der Waals surface area contributed by atoms with Crippen LogP contribution >= 0.6 is 0 Å². The third kappa shape index (κ3) is 5.21. The summed E-state index contributed by atoms with van der Waals surface area (Å²) in [5.41, 5.74) is 14.9. The lowest BCUT2D eigenvalue weighted by Gasteiger charge is -2.21. The molecule has 0 saturated carbocycles. The van der Waals surface area contributed by atoms with Gasteiger partial charge in [-0.2, -0.15) is 0 Å². The van der Waals surface area contributed by atoms with E-state index in [-0.39, 0.29) is 11.3 Å². The Morgan fingerprint density at radius 3 is 2.00 bits per heavy atom. The van der Waals surface area contributed by atoms with E-state index in [1.807, 2.05) is 24.3 Å². The highest BCUT2D eigenvalue weighted by Crippen LogP contribution is 2.51. The molecule has 12 rings (SSSR count). The van der Waals surface area contributed by atoms with Crippen molar-refractivity contribution in [2.75, 3.05) is 0 Å². The SMILES string of the molecule is CC1(C)c2ccccc2-c2cc3c(cc21)c1ccccc1n3-c1ccc2c3c(oc2c1)C=CCC3c1nc(-c2ccccc2)nc(-c2ccc(-c3ccccc3)cc2)n1. The molecule has 2 aliphatic carbocycles. The maximum Gasteiger partial charge on any atom is 0.163 e. The summed E-state index contributed by atoms with van der Waals surface area (Å²) in [5, 5.41) is 3.58. The number of para-hydroxylation sites is 1. The van der Waals surface area contributed by atoms with Gasteiger partial charge in [0.15, 0.2) is 11.6 Å². The molecule has 280 valence electrons. The molecule has 0 bridgehead atoms. The minimum atomic E-state index is -0.117. The summed E-state index contributed by atoms with van der Waals surface area (Å²) >= 11 is 0. The van der Waals surface area contributed by atoms with Crippen molar-refractivity contribution >= 4 is 38.9 Å². The molecule has 0 spiro atoms. The molecule has 0 fully saturated rings. The normalized spacial score (nSPS) is 15.1. The van der Waals surface area contributed by atoms with Gasteiger partial charge >= 0.3 is 0 Å². The average molecular weight is 759 g/mol. The van der Waals surface area contributed by atoms with E-state index in [0.29, 0.717) is 11.6 Å². The van der Waals surface area contributed by atoms with Crippen LogP contribution in [-0.4, -0.2) is 19.5 Å². The van der Waals surface area contributed by atoms with Crippen molar-refractivity contribution in [2.24, 2.45) is 0 Å². The van der Waals surface area contributed by atoms with Gasteiger partial charge in [-0.25, -0.2) is 15.0 Å². The van der Waals surface area contributed by atoms with Crippen LogP contribution < -0.4 is 0 Å². The van der Waals surface area contributed by atoms with E-state index in [1.165, 1.54) is 49.6 Å². The number of hydrogen-bond donors (Lipinski definition) is 0. The molecule has 5 heteroatoms. The van der Waals surface area contributed by atoms with Gasteiger partial charge in [0.1, 0.15) is 17.2 Å². The van der Waals surface area contributed by atoms with Gasteiger partial charge in [0.2, 0.25) is 0 Å². The van der Waals surface area contributed by atoms with Crippen LogP contribution in [0.5, 0.6) is 0 Å². The Morgan fingerprint density at radius 2 is 1.20 bits per heavy atom. The summed E-state index contributed by atoms with van der Waals surface area (Å²) < 4.78 is 9.17. The minimum Gasteiger partial charge on any atom is -0.456 e. The first-order valence-corrected chi connectivity index (χ1v) is 20.4. The number of hydrogen-bond acceptors (Lipinski definition) is 4. The summed E-state index contributed by atoms with van der Waals surface area (Å²) in [6.45, 7) is 4.70. The Balaban J connectivity index is 0.992. The largest absolute Gasteiger partial charge is 0.456 e. The third-order valence-electron chi connectivity index (χ3n) is 12.6. The number of aromatic nitrogens is 4. The van der Waals surface area contributed by atoms with E-state index < -0.39 is 0 Å². The Bertz CT molecular complexity index is 3320. The second kappa shape index (κ2) is 12.8. The lowest BCUT2D eigenvalue weighted by atomic mass is 9.82. The molecule has 0 amide bonds. The fourth-order valence-electron chi connectivity index (χ4n) is 9.69. The lowest BCUT2D eigenvalue weighted by Crippen LogP contribution is -2.14. The maximum atomic E-state index is 6.77. The Hall–Kier alpha value is -7.37. The number of fused-ring (bicyclic) bond motifs is 9. The van der Waals surface area contributed by atoms with Crippen LogP contribution in [0.25, 0.3) is 89.6 Å². The molecule has 3 aromatic heterocycles. The van der Waals surface area contributed by atoms with Crippen molar-refractivity contribution in [1.82, 2.24) is 19.5 Å². The number of rotatable bonds is 5. The lowest BCUT2D eigenvalue weighted by molar-refractivity contribution is 0.586. The molecule has 1 unspecified atom stereocenters. The van der Waals surface area contributed by atoms with Crippen LogP contribution in [0.3, 0.4) is 0 Å². The van der Waals surface area contributed by atoms with Crippen molar-refractivity contribution in [3.8, 4) is 50.7 Å². The van der Waals surface area contributed by atoms with Gasteiger partial charge in [-0.3, -0.25) is 0 Å².